The second kappa shape index (κ2) is 9.48. The smallest absolute Gasteiger partial charge is 0.224 e. The van der Waals surface area contributed by atoms with E-state index in [9.17, 15) is 4.79 Å². The first-order valence-electron chi connectivity index (χ1n) is 11.7. The fourth-order valence-corrected chi connectivity index (χ4v) is 4.69. The predicted octanol–water partition coefficient (Wildman–Crippen LogP) is 5.62. The van der Waals surface area contributed by atoms with E-state index in [1.54, 1.807) is 0 Å². The van der Waals surface area contributed by atoms with Gasteiger partial charge in [-0.05, 0) is 55.2 Å². The number of nitrogens with one attached hydrogen (secondary N) is 1. The van der Waals surface area contributed by atoms with Crippen molar-refractivity contribution in [1.82, 2.24) is 19.9 Å². The molecule has 5 nitrogen and oxygen atoms in total. The van der Waals surface area contributed by atoms with E-state index in [-0.39, 0.29) is 5.91 Å². The monoisotopic (exact) mass is 448 g/mol. The average Bonchev–Trinajstić information content (AvgIpc) is 3.17. The second-order valence-corrected chi connectivity index (χ2v) is 8.61. The molecule has 0 spiro atoms. The molecule has 1 N–H and O–H groups in total. The summed E-state index contributed by atoms with van der Waals surface area (Å²) < 4.78 is 2.21. The highest BCUT2D eigenvalue weighted by molar-refractivity contribution is 5.98. The first-order chi connectivity index (χ1) is 16.6. The summed E-state index contributed by atoms with van der Waals surface area (Å²) in [6.07, 6.45) is 1.15. The van der Waals surface area contributed by atoms with Gasteiger partial charge in [-0.2, -0.15) is 0 Å². The van der Waals surface area contributed by atoms with E-state index < -0.39 is 0 Å². The Labute approximate surface area is 199 Å². The van der Waals surface area contributed by atoms with E-state index in [0.29, 0.717) is 13.0 Å². The minimum atomic E-state index is 0.0181. The molecule has 3 aromatic carbocycles. The molecule has 0 bridgehead atoms. The van der Waals surface area contributed by atoms with Crippen molar-refractivity contribution >= 4 is 27.8 Å². The van der Waals surface area contributed by atoms with Gasteiger partial charge in [-0.15, -0.1) is 0 Å². The minimum absolute atomic E-state index is 0.0181. The van der Waals surface area contributed by atoms with Crippen LogP contribution in [0, 0.1) is 13.8 Å². The predicted molar refractivity (Wildman–Crippen MR) is 138 cm³/mol. The first-order valence-corrected chi connectivity index (χ1v) is 11.7. The van der Waals surface area contributed by atoms with Gasteiger partial charge in [0.05, 0.1) is 23.0 Å². The van der Waals surface area contributed by atoms with Gasteiger partial charge in [0.1, 0.15) is 5.82 Å². The van der Waals surface area contributed by atoms with Crippen LogP contribution in [-0.2, 0) is 17.8 Å². The van der Waals surface area contributed by atoms with Crippen LogP contribution in [0.15, 0.2) is 78.9 Å². The standard InChI is InChI=1S/C29H28N4O/c1-20-24(29(22-11-4-3-5-12-22)23-13-6-7-14-25(23)31-20)19-28(34)30-17-10-18-33-21(2)32-26-15-8-9-16-27(26)33/h3-9,11-16H,10,17-19H2,1-2H3,(H,30,34). The zero-order chi connectivity index (χ0) is 23.5. The minimum Gasteiger partial charge on any atom is -0.356 e. The van der Waals surface area contributed by atoms with Gasteiger partial charge in [-0.25, -0.2) is 4.98 Å². The van der Waals surface area contributed by atoms with Crippen molar-refractivity contribution in [3.05, 3.63) is 95.9 Å². The van der Waals surface area contributed by atoms with Crippen LogP contribution in [0.4, 0.5) is 0 Å². The van der Waals surface area contributed by atoms with Gasteiger partial charge in [0.15, 0.2) is 0 Å². The number of pyridine rings is 1. The SMILES string of the molecule is Cc1nc2ccccc2c(-c2ccccc2)c1CC(=O)NCCCn1c(C)nc2ccccc21. The van der Waals surface area contributed by atoms with Gasteiger partial charge >= 0.3 is 0 Å². The molecule has 5 heteroatoms. The summed E-state index contributed by atoms with van der Waals surface area (Å²) in [7, 11) is 0. The number of aryl methyl sites for hydroxylation is 3. The van der Waals surface area contributed by atoms with Crippen LogP contribution in [-0.4, -0.2) is 27.0 Å². The maximum absolute atomic E-state index is 13.0. The third-order valence-corrected chi connectivity index (χ3v) is 6.33. The maximum atomic E-state index is 13.0. The van der Waals surface area contributed by atoms with Crippen LogP contribution in [0.3, 0.4) is 0 Å². The molecule has 0 atom stereocenters. The summed E-state index contributed by atoms with van der Waals surface area (Å²) in [6.45, 7) is 5.46. The van der Waals surface area contributed by atoms with Crippen LogP contribution < -0.4 is 5.32 Å². The van der Waals surface area contributed by atoms with Crippen molar-refractivity contribution in [3.63, 3.8) is 0 Å². The quantitative estimate of drug-likeness (QED) is 0.329. The van der Waals surface area contributed by atoms with E-state index in [2.05, 4.69) is 39.1 Å². The molecule has 170 valence electrons. The average molecular weight is 449 g/mol. The number of para-hydroxylation sites is 3. The number of hydrogen-bond donors (Lipinski definition) is 1. The van der Waals surface area contributed by atoms with Crippen molar-refractivity contribution in [2.75, 3.05) is 6.54 Å². The lowest BCUT2D eigenvalue weighted by atomic mass is 9.92. The van der Waals surface area contributed by atoms with Crippen molar-refractivity contribution in [2.24, 2.45) is 0 Å². The zero-order valence-electron chi connectivity index (χ0n) is 19.6. The number of carbonyl (C=O) groups is 1. The van der Waals surface area contributed by atoms with E-state index in [0.717, 1.165) is 63.1 Å². The van der Waals surface area contributed by atoms with E-state index in [1.165, 1.54) is 0 Å². The van der Waals surface area contributed by atoms with Crippen molar-refractivity contribution in [3.8, 4) is 11.1 Å². The molecule has 0 aliphatic rings. The Morgan fingerprint density at radius 2 is 1.56 bits per heavy atom. The van der Waals surface area contributed by atoms with Crippen LogP contribution in [0.2, 0.25) is 0 Å². The number of rotatable bonds is 7. The van der Waals surface area contributed by atoms with E-state index in [1.807, 2.05) is 68.4 Å². The third kappa shape index (κ3) is 4.29. The van der Waals surface area contributed by atoms with Gasteiger partial charge in [0.25, 0.3) is 0 Å². The number of benzene rings is 3. The van der Waals surface area contributed by atoms with Crippen LogP contribution in [0.5, 0.6) is 0 Å². The molecule has 0 aliphatic carbocycles. The lowest BCUT2D eigenvalue weighted by molar-refractivity contribution is -0.120. The number of fused-ring (bicyclic) bond motifs is 2. The summed E-state index contributed by atoms with van der Waals surface area (Å²) >= 11 is 0. The Bertz CT molecular complexity index is 1470. The fourth-order valence-electron chi connectivity index (χ4n) is 4.69. The third-order valence-electron chi connectivity index (χ3n) is 6.33. The van der Waals surface area contributed by atoms with Gasteiger partial charge in [0, 0.05) is 24.2 Å². The molecular weight excluding hydrogens is 420 g/mol. The summed E-state index contributed by atoms with van der Waals surface area (Å²) in [5.41, 5.74) is 7.18. The largest absolute Gasteiger partial charge is 0.356 e. The molecule has 2 aromatic heterocycles. The Morgan fingerprint density at radius 3 is 2.38 bits per heavy atom. The molecular formula is C29H28N4O. The lowest BCUT2D eigenvalue weighted by Gasteiger charge is -2.16. The van der Waals surface area contributed by atoms with Gasteiger partial charge in [-0.3, -0.25) is 9.78 Å². The molecule has 0 unspecified atom stereocenters. The summed E-state index contributed by atoms with van der Waals surface area (Å²) in [5.74, 6) is 1.02. The highest BCUT2D eigenvalue weighted by Gasteiger charge is 2.17. The number of carbonyl (C=O) groups excluding carboxylic acids is 1. The topological polar surface area (TPSA) is 59.8 Å². The maximum Gasteiger partial charge on any atom is 0.224 e. The number of hydrogen-bond acceptors (Lipinski definition) is 3. The highest BCUT2D eigenvalue weighted by atomic mass is 16.1. The van der Waals surface area contributed by atoms with Crippen LogP contribution >= 0.6 is 0 Å². The molecule has 0 aliphatic heterocycles. The van der Waals surface area contributed by atoms with Crippen molar-refractivity contribution < 1.29 is 4.79 Å². The molecule has 0 saturated carbocycles. The molecule has 0 saturated heterocycles. The van der Waals surface area contributed by atoms with Crippen LogP contribution in [0.25, 0.3) is 33.1 Å². The number of nitrogens with zero attached hydrogens (tertiary/aromatic N) is 3. The Kier molecular flexibility index (Phi) is 6.09. The lowest BCUT2D eigenvalue weighted by Crippen LogP contribution is -2.27. The normalized spacial score (nSPS) is 11.2. The molecule has 0 fully saturated rings. The molecule has 5 aromatic rings. The fraction of sp³-hybridized carbons (Fsp3) is 0.207. The number of aromatic nitrogens is 3. The first kappa shape index (κ1) is 21.8. The van der Waals surface area contributed by atoms with Gasteiger partial charge in [-0.1, -0.05) is 60.7 Å². The molecule has 5 rings (SSSR count). The van der Waals surface area contributed by atoms with Gasteiger partial charge in [0.2, 0.25) is 5.91 Å². The van der Waals surface area contributed by atoms with Crippen LogP contribution in [0.1, 0.15) is 23.5 Å². The highest BCUT2D eigenvalue weighted by Crippen LogP contribution is 2.33. The Hall–Kier alpha value is -3.99. The Balaban J connectivity index is 1.32. The summed E-state index contributed by atoms with van der Waals surface area (Å²) in [4.78, 5) is 22.4. The van der Waals surface area contributed by atoms with Gasteiger partial charge < -0.3 is 9.88 Å². The molecule has 0 radical (unpaired) electrons. The number of imidazole rings is 1. The Morgan fingerprint density at radius 1 is 0.853 bits per heavy atom. The summed E-state index contributed by atoms with van der Waals surface area (Å²) in [6, 6.07) is 26.6. The molecule has 34 heavy (non-hydrogen) atoms. The molecule has 2 heterocycles. The molecule has 1 amide bonds. The number of amides is 1. The van der Waals surface area contributed by atoms with E-state index >= 15 is 0 Å². The van der Waals surface area contributed by atoms with Crippen molar-refractivity contribution in [1.29, 1.82) is 0 Å². The zero-order valence-corrected chi connectivity index (χ0v) is 19.6. The van der Waals surface area contributed by atoms with E-state index in [4.69, 9.17) is 4.98 Å². The van der Waals surface area contributed by atoms with Crippen molar-refractivity contribution in [2.45, 2.75) is 33.2 Å². The summed E-state index contributed by atoms with van der Waals surface area (Å²) in [5, 5.41) is 4.19. The second-order valence-electron chi connectivity index (χ2n) is 8.61.